The summed E-state index contributed by atoms with van der Waals surface area (Å²) < 4.78 is 81.8. The van der Waals surface area contributed by atoms with Gasteiger partial charge in [-0.05, 0) is 6.92 Å². The Balaban J connectivity index is 3.45. The number of rotatable bonds is 7. The van der Waals surface area contributed by atoms with Crippen molar-refractivity contribution in [2.45, 2.75) is 12.6 Å². The number of Topliss-reactive ketones (excluding diaryl/α,β-unsaturated/α-hetero) is 1. The summed E-state index contributed by atoms with van der Waals surface area (Å²) in [5.41, 5.74) is 2.03. The molecule has 0 radical (unpaired) electrons. The third kappa shape index (κ3) is 3.28. The maximum absolute atomic E-state index is 13.7. The van der Waals surface area contributed by atoms with Gasteiger partial charge in [-0.25, -0.2) is 22.0 Å². The molecule has 1 rings (SSSR count). The van der Waals surface area contributed by atoms with Crippen LogP contribution in [0.5, 0.6) is 0 Å². The predicted octanol–water partition coefficient (Wildman–Crippen LogP) is 1.70. The monoisotopic (exact) mass is 359 g/mol. The van der Waals surface area contributed by atoms with Crippen LogP contribution in [0.3, 0.4) is 0 Å². The first kappa shape index (κ1) is 19.6. The van der Waals surface area contributed by atoms with Crippen molar-refractivity contribution in [3.05, 3.63) is 34.6 Å². The average molecular weight is 359 g/mol. The summed E-state index contributed by atoms with van der Waals surface area (Å²) in [6.07, 6.45) is 0. The Morgan fingerprint density at radius 1 is 1.00 bits per heavy atom. The molecule has 130 valence electrons. The van der Waals surface area contributed by atoms with Gasteiger partial charge in [-0.3, -0.25) is 4.79 Å². The van der Waals surface area contributed by atoms with Gasteiger partial charge in [-0.1, -0.05) is 0 Å². The lowest BCUT2D eigenvalue weighted by Crippen LogP contribution is -2.62. The second kappa shape index (κ2) is 7.44. The lowest BCUT2D eigenvalue weighted by molar-refractivity contribution is 0.0776. The summed E-state index contributed by atoms with van der Waals surface area (Å²) in [6.45, 7) is 1.49. The van der Waals surface area contributed by atoms with Crippen LogP contribution in [0.25, 0.3) is 0 Å². The molecule has 0 heterocycles. The number of halogens is 5. The van der Waals surface area contributed by atoms with Crippen LogP contribution in [0, 0.1) is 29.1 Å². The predicted molar refractivity (Wildman–Crippen MR) is 69.9 cm³/mol. The Kier molecular flexibility index (Phi) is 6.36. The van der Waals surface area contributed by atoms with E-state index in [2.05, 4.69) is 0 Å². The highest BCUT2D eigenvalue weighted by molar-refractivity contribution is 6.67. The zero-order chi connectivity index (χ0) is 17.9. The number of hydrogen-bond donors (Lipinski definition) is 1. The van der Waals surface area contributed by atoms with Gasteiger partial charge in [-0.15, -0.1) is 0 Å². The molecule has 2 N–H and O–H groups in total. The van der Waals surface area contributed by atoms with Crippen LogP contribution in [0.2, 0.25) is 0 Å². The van der Waals surface area contributed by atoms with Crippen molar-refractivity contribution in [2.24, 2.45) is 5.73 Å². The van der Waals surface area contributed by atoms with Crippen LogP contribution >= 0.6 is 0 Å². The van der Waals surface area contributed by atoms with Crippen molar-refractivity contribution in [3.63, 3.8) is 0 Å². The van der Waals surface area contributed by atoms with E-state index in [1.807, 2.05) is 0 Å². The topological polar surface area (TPSA) is 70.8 Å². The van der Waals surface area contributed by atoms with Crippen molar-refractivity contribution in [3.8, 4) is 0 Å². The van der Waals surface area contributed by atoms with E-state index in [1.54, 1.807) is 0 Å². The molecule has 0 saturated heterocycles. The van der Waals surface area contributed by atoms with Crippen molar-refractivity contribution < 1.29 is 40.0 Å². The molecule has 1 atom stereocenters. The molecule has 0 fully saturated rings. The van der Waals surface area contributed by atoms with Gasteiger partial charge in [0.05, 0.1) is 5.56 Å². The fraction of sp³-hybridized carbons (Fsp3) is 0.417. The number of carbonyl (C=O) groups excluding carboxylic acids is 1. The highest BCUT2D eigenvalue weighted by Crippen LogP contribution is 2.26. The van der Waals surface area contributed by atoms with Crippen LogP contribution in [-0.4, -0.2) is 41.1 Å². The molecule has 5 nitrogen and oxygen atoms in total. The van der Waals surface area contributed by atoms with E-state index in [1.165, 1.54) is 6.92 Å². The summed E-state index contributed by atoms with van der Waals surface area (Å²) in [7, 11) is -1.77. The molecule has 23 heavy (non-hydrogen) atoms. The minimum absolute atomic E-state index is 0.0218. The first-order chi connectivity index (χ1) is 10.7. The summed E-state index contributed by atoms with van der Waals surface area (Å²) in [6, 6.07) is 0. The molecule has 0 aliphatic carbocycles. The van der Waals surface area contributed by atoms with Crippen LogP contribution in [0.15, 0.2) is 0 Å². The van der Waals surface area contributed by atoms with Crippen LogP contribution in [-0.2, 0) is 13.3 Å². The maximum atomic E-state index is 13.7. The Bertz CT molecular complexity index is 583. The Morgan fingerprint density at radius 2 is 1.39 bits per heavy atom. The van der Waals surface area contributed by atoms with Crippen molar-refractivity contribution in [1.29, 1.82) is 0 Å². The van der Waals surface area contributed by atoms with Gasteiger partial charge in [-0.2, -0.15) is 0 Å². The van der Waals surface area contributed by atoms with Gasteiger partial charge >= 0.3 is 8.80 Å². The summed E-state index contributed by atoms with van der Waals surface area (Å²) >= 11 is 0. The highest BCUT2D eigenvalue weighted by Gasteiger charge is 2.51. The average Bonchev–Trinajstić information content (AvgIpc) is 2.55. The van der Waals surface area contributed by atoms with E-state index < -0.39 is 54.9 Å². The van der Waals surface area contributed by atoms with Crippen LogP contribution in [0.1, 0.15) is 17.3 Å². The normalized spacial score (nSPS) is 13.3. The second-order valence-corrected chi connectivity index (χ2v) is 7.17. The quantitative estimate of drug-likeness (QED) is 0.264. The molecule has 0 aromatic heterocycles. The fourth-order valence-corrected chi connectivity index (χ4v) is 3.84. The largest absolute Gasteiger partial charge is 0.526 e. The third-order valence-electron chi connectivity index (χ3n) is 3.03. The van der Waals surface area contributed by atoms with Gasteiger partial charge < -0.3 is 19.0 Å². The van der Waals surface area contributed by atoms with E-state index in [0.29, 0.717) is 0 Å². The molecular formula is C12H14F5NO4Si. The molecule has 1 unspecified atom stereocenters. The molecule has 0 bridgehead atoms. The lowest BCUT2D eigenvalue weighted by Gasteiger charge is -2.30. The van der Waals surface area contributed by atoms with Gasteiger partial charge in [0.1, 0.15) is 5.67 Å². The molecule has 0 aliphatic rings. The summed E-state index contributed by atoms with van der Waals surface area (Å²) in [4.78, 5) is 12.2. The minimum atomic E-state index is -3.93. The number of nitrogens with two attached hydrogens (primary N) is 1. The first-order valence-electron chi connectivity index (χ1n) is 6.23. The highest BCUT2D eigenvalue weighted by atomic mass is 28.4. The SMILES string of the molecule is CCO[Si](OC)(OC)C(N)C(=O)c1c(F)c(F)c(F)c(F)c1F. The van der Waals surface area contributed by atoms with E-state index >= 15 is 0 Å². The number of carbonyl (C=O) groups is 1. The fourth-order valence-electron chi connectivity index (χ4n) is 1.88. The van der Waals surface area contributed by atoms with Crippen molar-refractivity contribution in [1.82, 2.24) is 0 Å². The zero-order valence-electron chi connectivity index (χ0n) is 12.4. The molecule has 1 aromatic carbocycles. The molecule has 11 heteroatoms. The first-order valence-corrected chi connectivity index (χ1v) is 8.04. The van der Waals surface area contributed by atoms with E-state index in [-0.39, 0.29) is 6.61 Å². The van der Waals surface area contributed by atoms with Crippen LogP contribution < -0.4 is 5.73 Å². The molecule has 0 amide bonds. The van der Waals surface area contributed by atoms with Crippen LogP contribution in [0.4, 0.5) is 22.0 Å². The van der Waals surface area contributed by atoms with Crippen molar-refractivity contribution in [2.75, 3.05) is 20.8 Å². The molecule has 0 saturated carbocycles. The zero-order valence-corrected chi connectivity index (χ0v) is 13.4. The van der Waals surface area contributed by atoms with E-state index in [4.69, 9.17) is 19.0 Å². The maximum Gasteiger partial charge on any atom is 0.526 e. The molecule has 1 aromatic rings. The number of ketones is 1. The van der Waals surface area contributed by atoms with E-state index in [9.17, 15) is 26.7 Å². The Labute approximate surface area is 129 Å². The van der Waals surface area contributed by atoms with Gasteiger partial charge in [0.2, 0.25) is 5.82 Å². The minimum Gasteiger partial charge on any atom is -0.376 e. The molecule has 0 aliphatic heterocycles. The standard InChI is InChI=1S/C12H14F5NO4Si/c1-4-22-23(20-2,21-3)12(18)11(19)5-6(13)8(15)10(17)9(16)7(5)14/h12H,4,18H2,1-3H3. The van der Waals surface area contributed by atoms with Gasteiger partial charge in [0.25, 0.3) is 0 Å². The van der Waals surface area contributed by atoms with E-state index in [0.717, 1.165) is 14.2 Å². The summed E-state index contributed by atoms with van der Waals surface area (Å²) in [5, 5.41) is 0. The van der Waals surface area contributed by atoms with Crippen molar-refractivity contribution >= 4 is 14.6 Å². The second-order valence-electron chi connectivity index (χ2n) is 4.23. The summed E-state index contributed by atoms with van der Waals surface area (Å²) in [5.74, 6) is -13.0. The molecular weight excluding hydrogens is 345 g/mol. The lowest BCUT2D eigenvalue weighted by atomic mass is 10.1. The molecule has 0 spiro atoms. The number of hydrogen-bond acceptors (Lipinski definition) is 5. The van der Waals surface area contributed by atoms with Gasteiger partial charge in [0.15, 0.2) is 29.1 Å². The smallest absolute Gasteiger partial charge is 0.376 e. The number of benzene rings is 1. The Morgan fingerprint density at radius 3 is 1.74 bits per heavy atom. The van der Waals surface area contributed by atoms with Gasteiger partial charge in [0, 0.05) is 20.8 Å². The third-order valence-corrected chi connectivity index (χ3v) is 5.89. The Hall–Kier alpha value is -1.40.